The summed E-state index contributed by atoms with van der Waals surface area (Å²) in [5, 5.41) is 13.5. The van der Waals surface area contributed by atoms with Gasteiger partial charge in [0, 0.05) is 24.2 Å². The molecular weight excluding hydrogens is 282 g/mol. The maximum Gasteiger partial charge on any atom is 0.288 e. The summed E-state index contributed by atoms with van der Waals surface area (Å²) in [6.45, 7) is 1.68. The fourth-order valence-corrected chi connectivity index (χ4v) is 2.28. The van der Waals surface area contributed by atoms with Gasteiger partial charge in [-0.2, -0.15) is 0 Å². The van der Waals surface area contributed by atoms with E-state index < -0.39 is 4.92 Å². The standard InChI is InChI=1S/C13H16ClN3O3/c1-7-4-12(17(19)20)9(14)5-11(7)16-13(18)6-10(15)8-2-3-8/h4-5,8,10H,2-3,6,15H2,1H3,(H,16,18). The molecule has 2 rings (SSSR count). The van der Waals surface area contributed by atoms with E-state index in [0.717, 1.165) is 12.8 Å². The van der Waals surface area contributed by atoms with E-state index in [1.165, 1.54) is 12.1 Å². The first-order valence-corrected chi connectivity index (χ1v) is 6.76. The zero-order chi connectivity index (χ0) is 14.9. The molecule has 1 aliphatic rings. The molecule has 0 aliphatic heterocycles. The van der Waals surface area contributed by atoms with E-state index in [1.807, 2.05) is 0 Å². The molecule has 0 spiro atoms. The number of carbonyl (C=O) groups is 1. The number of anilines is 1. The maximum atomic E-state index is 11.9. The molecular formula is C13H16ClN3O3. The van der Waals surface area contributed by atoms with Crippen LogP contribution in [-0.2, 0) is 4.79 Å². The highest BCUT2D eigenvalue weighted by Crippen LogP contribution is 2.33. The Bertz CT molecular complexity index is 558. The number of aryl methyl sites for hydroxylation is 1. The van der Waals surface area contributed by atoms with Crippen LogP contribution in [0.15, 0.2) is 12.1 Å². The fourth-order valence-electron chi connectivity index (χ4n) is 2.05. The number of benzene rings is 1. The van der Waals surface area contributed by atoms with Gasteiger partial charge in [0.05, 0.1) is 4.92 Å². The molecule has 0 saturated heterocycles. The number of amides is 1. The monoisotopic (exact) mass is 297 g/mol. The summed E-state index contributed by atoms with van der Waals surface area (Å²) in [5.74, 6) is 0.250. The van der Waals surface area contributed by atoms with Crippen molar-refractivity contribution in [1.29, 1.82) is 0 Å². The van der Waals surface area contributed by atoms with Gasteiger partial charge in [-0.25, -0.2) is 0 Å². The van der Waals surface area contributed by atoms with Gasteiger partial charge in [0.2, 0.25) is 5.91 Å². The predicted molar refractivity (Wildman–Crippen MR) is 76.8 cm³/mol. The molecule has 1 atom stereocenters. The molecule has 1 unspecified atom stereocenters. The Hall–Kier alpha value is -1.66. The summed E-state index contributed by atoms with van der Waals surface area (Å²) in [5.41, 5.74) is 6.79. The second-order valence-electron chi connectivity index (χ2n) is 5.13. The first-order valence-electron chi connectivity index (χ1n) is 6.38. The number of nitrogens with zero attached hydrogens (tertiary/aromatic N) is 1. The van der Waals surface area contributed by atoms with Gasteiger partial charge >= 0.3 is 0 Å². The highest BCUT2D eigenvalue weighted by atomic mass is 35.5. The normalized spacial score (nSPS) is 15.8. The van der Waals surface area contributed by atoms with Crippen molar-refractivity contribution in [2.75, 3.05) is 5.32 Å². The molecule has 0 aromatic heterocycles. The molecule has 0 radical (unpaired) electrons. The SMILES string of the molecule is Cc1cc([N+](=O)[O-])c(Cl)cc1NC(=O)CC(N)C1CC1. The van der Waals surface area contributed by atoms with Crippen molar-refractivity contribution in [3.8, 4) is 0 Å². The molecule has 0 bridgehead atoms. The Morgan fingerprint density at radius 2 is 2.25 bits per heavy atom. The minimum atomic E-state index is -0.552. The number of hydrogen-bond acceptors (Lipinski definition) is 4. The zero-order valence-electron chi connectivity index (χ0n) is 11.1. The summed E-state index contributed by atoms with van der Waals surface area (Å²) < 4.78 is 0. The van der Waals surface area contributed by atoms with Crippen LogP contribution in [0.2, 0.25) is 5.02 Å². The minimum absolute atomic E-state index is 0.00221. The van der Waals surface area contributed by atoms with Gasteiger partial charge in [-0.05, 0) is 37.3 Å². The van der Waals surface area contributed by atoms with E-state index >= 15 is 0 Å². The number of nitro benzene ring substituents is 1. The Labute approximate surface area is 121 Å². The van der Waals surface area contributed by atoms with Gasteiger partial charge in [0.15, 0.2) is 0 Å². The highest BCUT2D eigenvalue weighted by molar-refractivity contribution is 6.33. The van der Waals surface area contributed by atoms with Crippen molar-refractivity contribution in [2.45, 2.75) is 32.2 Å². The lowest BCUT2D eigenvalue weighted by Crippen LogP contribution is -2.29. The van der Waals surface area contributed by atoms with Gasteiger partial charge in [0.25, 0.3) is 5.69 Å². The summed E-state index contributed by atoms with van der Waals surface area (Å²) in [6.07, 6.45) is 2.41. The average Bonchev–Trinajstić information content (AvgIpc) is 3.16. The minimum Gasteiger partial charge on any atom is -0.327 e. The first kappa shape index (κ1) is 14.7. The average molecular weight is 298 g/mol. The van der Waals surface area contributed by atoms with Crippen molar-refractivity contribution in [1.82, 2.24) is 0 Å². The Kier molecular flexibility index (Phi) is 4.25. The quantitative estimate of drug-likeness (QED) is 0.644. The van der Waals surface area contributed by atoms with Crippen LogP contribution in [-0.4, -0.2) is 16.9 Å². The molecule has 1 aromatic carbocycles. The maximum absolute atomic E-state index is 11.9. The van der Waals surface area contributed by atoms with Crippen molar-refractivity contribution in [3.63, 3.8) is 0 Å². The van der Waals surface area contributed by atoms with Crippen LogP contribution >= 0.6 is 11.6 Å². The Balaban J connectivity index is 2.07. The number of nitrogens with two attached hydrogens (primary N) is 1. The third-order valence-corrected chi connectivity index (χ3v) is 3.72. The lowest BCUT2D eigenvalue weighted by Gasteiger charge is -2.12. The van der Waals surface area contributed by atoms with Crippen molar-refractivity contribution in [3.05, 3.63) is 32.8 Å². The molecule has 0 heterocycles. The highest BCUT2D eigenvalue weighted by Gasteiger charge is 2.30. The molecule has 6 nitrogen and oxygen atoms in total. The lowest BCUT2D eigenvalue weighted by atomic mass is 10.1. The molecule has 108 valence electrons. The van der Waals surface area contributed by atoms with E-state index in [-0.39, 0.29) is 29.1 Å². The van der Waals surface area contributed by atoms with E-state index in [2.05, 4.69) is 5.32 Å². The van der Waals surface area contributed by atoms with Gasteiger partial charge in [0.1, 0.15) is 5.02 Å². The van der Waals surface area contributed by atoms with E-state index in [4.69, 9.17) is 17.3 Å². The molecule has 1 amide bonds. The number of halogens is 1. The second kappa shape index (κ2) is 5.76. The summed E-state index contributed by atoms with van der Waals surface area (Å²) in [4.78, 5) is 22.1. The van der Waals surface area contributed by atoms with Crippen LogP contribution in [0.25, 0.3) is 0 Å². The van der Waals surface area contributed by atoms with Crippen LogP contribution < -0.4 is 11.1 Å². The Morgan fingerprint density at radius 1 is 1.60 bits per heavy atom. The molecule has 7 heteroatoms. The van der Waals surface area contributed by atoms with Crippen LogP contribution in [0, 0.1) is 23.0 Å². The van der Waals surface area contributed by atoms with Crippen LogP contribution in [0.4, 0.5) is 11.4 Å². The number of hydrogen-bond donors (Lipinski definition) is 2. The molecule has 1 saturated carbocycles. The molecule has 1 fully saturated rings. The van der Waals surface area contributed by atoms with Gasteiger partial charge in [-0.1, -0.05) is 11.6 Å². The van der Waals surface area contributed by atoms with Crippen LogP contribution in [0.3, 0.4) is 0 Å². The van der Waals surface area contributed by atoms with Crippen LogP contribution in [0.5, 0.6) is 0 Å². The van der Waals surface area contributed by atoms with E-state index in [1.54, 1.807) is 6.92 Å². The topological polar surface area (TPSA) is 98.3 Å². The third kappa shape index (κ3) is 3.46. The molecule has 1 aromatic rings. The molecule has 20 heavy (non-hydrogen) atoms. The summed E-state index contributed by atoms with van der Waals surface area (Å²) in [6, 6.07) is 2.62. The second-order valence-corrected chi connectivity index (χ2v) is 5.54. The number of rotatable bonds is 5. The van der Waals surface area contributed by atoms with Crippen molar-refractivity contribution >= 4 is 28.9 Å². The number of carbonyl (C=O) groups excluding carboxylic acids is 1. The lowest BCUT2D eigenvalue weighted by molar-refractivity contribution is -0.384. The number of nitrogens with one attached hydrogen (secondary N) is 1. The first-order chi connectivity index (χ1) is 9.38. The van der Waals surface area contributed by atoms with Crippen molar-refractivity contribution in [2.24, 2.45) is 11.7 Å². The fraction of sp³-hybridized carbons (Fsp3) is 0.462. The zero-order valence-corrected chi connectivity index (χ0v) is 11.8. The number of nitro groups is 1. The summed E-state index contributed by atoms with van der Waals surface area (Å²) >= 11 is 5.83. The van der Waals surface area contributed by atoms with Crippen molar-refractivity contribution < 1.29 is 9.72 Å². The van der Waals surface area contributed by atoms with Gasteiger partial charge in [-0.15, -0.1) is 0 Å². The van der Waals surface area contributed by atoms with E-state index in [0.29, 0.717) is 17.2 Å². The van der Waals surface area contributed by atoms with Gasteiger partial charge < -0.3 is 11.1 Å². The molecule has 1 aliphatic carbocycles. The Morgan fingerprint density at radius 3 is 2.80 bits per heavy atom. The van der Waals surface area contributed by atoms with Crippen LogP contribution in [0.1, 0.15) is 24.8 Å². The van der Waals surface area contributed by atoms with E-state index in [9.17, 15) is 14.9 Å². The predicted octanol–water partition coefficient (Wildman–Crippen LogP) is 2.62. The molecule has 3 N–H and O–H groups in total. The summed E-state index contributed by atoms with van der Waals surface area (Å²) in [7, 11) is 0. The third-order valence-electron chi connectivity index (χ3n) is 3.41. The van der Waals surface area contributed by atoms with Gasteiger partial charge in [-0.3, -0.25) is 14.9 Å². The smallest absolute Gasteiger partial charge is 0.288 e. The largest absolute Gasteiger partial charge is 0.327 e.